The van der Waals surface area contributed by atoms with Crippen molar-refractivity contribution in [3.8, 4) is 11.1 Å². The first-order chi connectivity index (χ1) is 14.1. The van der Waals surface area contributed by atoms with E-state index in [0.717, 1.165) is 24.0 Å². The van der Waals surface area contributed by atoms with Gasteiger partial charge in [0.25, 0.3) is 0 Å². The second kappa shape index (κ2) is 6.92. The van der Waals surface area contributed by atoms with Crippen molar-refractivity contribution >= 4 is 6.09 Å². The van der Waals surface area contributed by atoms with Crippen LogP contribution in [0.3, 0.4) is 0 Å². The van der Waals surface area contributed by atoms with Gasteiger partial charge >= 0.3 is 6.09 Å². The number of hydrogen-bond donors (Lipinski definition) is 1. The van der Waals surface area contributed by atoms with Gasteiger partial charge in [0, 0.05) is 35.3 Å². The summed E-state index contributed by atoms with van der Waals surface area (Å²) in [5.74, 6) is -0.552. The van der Waals surface area contributed by atoms with E-state index in [2.05, 4.69) is 15.3 Å². The summed E-state index contributed by atoms with van der Waals surface area (Å²) in [6.07, 6.45) is 5.89. The molecule has 7 heteroatoms. The van der Waals surface area contributed by atoms with Crippen LogP contribution in [0.1, 0.15) is 47.6 Å². The van der Waals surface area contributed by atoms with Crippen molar-refractivity contribution < 1.29 is 18.3 Å². The molecule has 5 rings (SSSR count). The number of nitrogens with one attached hydrogen (secondary N) is 1. The van der Waals surface area contributed by atoms with Crippen LogP contribution in [0.4, 0.5) is 13.6 Å². The lowest BCUT2D eigenvalue weighted by Gasteiger charge is -2.18. The first kappa shape index (κ1) is 17.7. The molecule has 0 spiro atoms. The van der Waals surface area contributed by atoms with E-state index >= 15 is 0 Å². The number of nitrogens with zero attached hydrogens (tertiary/aromatic N) is 2. The normalized spacial score (nSPS) is 21.0. The molecule has 1 aliphatic carbocycles. The maximum Gasteiger partial charge on any atom is 0.408 e. The first-order valence-corrected chi connectivity index (χ1v) is 9.42. The summed E-state index contributed by atoms with van der Waals surface area (Å²) in [6.45, 7) is 0. The second-order valence-corrected chi connectivity index (χ2v) is 7.38. The molecule has 0 bridgehead atoms. The van der Waals surface area contributed by atoms with Crippen molar-refractivity contribution in [3.63, 3.8) is 0 Å². The van der Waals surface area contributed by atoms with E-state index in [1.807, 2.05) is 12.3 Å². The molecule has 1 aromatic carbocycles. The quantitative estimate of drug-likeness (QED) is 0.646. The number of amides is 1. The monoisotopic (exact) mass is 393 g/mol. The Hall–Kier alpha value is -3.35. The van der Waals surface area contributed by atoms with Crippen molar-refractivity contribution in [3.05, 3.63) is 83.4 Å². The molecule has 1 saturated heterocycles. The summed E-state index contributed by atoms with van der Waals surface area (Å²) in [6, 6.07) is 8.52. The minimum absolute atomic E-state index is 0.208. The molecule has 2 aliphatic rings. The number of hydrogen-bond acceptors (Lipinski definition) is 4. The summed E-state index contributed by atoms with van der Waals surface area (Å²) >= 11 is 0. The molecular weight excluding hydrogens is 376 g/mol. The number of carbonyl (C=O) groups excluding carboxylic acids is 1. The van der Waals surface area contributed by atoms with Crippen LogP contribution < -0.4 is 5.32 Å². The SMILES string of the molecule is O=C1N[C@H](c2cc(-c3cncc(C4CC4)c3)cnc2F)[C@@H](c2ccc(F)cc2)O1. The predicted octanol–water partition coefficient (Wildman–Crippen LogP) is 4.82. The summed E-state index contributed by atoms with van der Waals surface area (Å²) < 4.78 is 33.2. The van der Waals surface area contributed by atoms with Crippen molar-refractivity contribution in [2.45, 2.75) is 30.9 Å². The minimum Gasteiger partial charge on any atom is -0.439 e. The van der Waals surface area contributed by atoms with E-state index in [-0.39, 0.29) is 5.56 Å². The van der Waals surface area contributed by atoms with Gasteiger partial charge in [0.05, 0.1) is 0 Å². The number of pyridine rings is 2. The maximum absolute atomic E-state index is 14.6. The van der Waals surface area contributed by atoms with Gasteiger partial charge in [-0.1, -0.05) is 12.1 Å². The molecule has 1 N–H and O–H groups in total. The third-order valence-electron chi connectivity index (χ3n) is 5.35. The lowest BCUT2D eigenvalue weighted by atomic mass is 9.95. The fourth-order valence-corrected chi connectivity index (χ4v) is 3.67. The van der Waals surface area contributed by atoms with Crippen LogP contribution in [0, 0.1) is 11.8 Å². The number of cyclic esters (lactones) is 1. The standard InChI is InChI=1S/C22H17F2N3O2/c23-17-5-3-13(4-6-17)20-19(27-22(28)29-20)18-8-16(11-26-21(18)24)15-7-14(9-25-10-15)12-1-2-12/h3-12,19-20H,1-2H2,(H,27,28)/t19-,20-/m1/s1. The Morgan fingerprint density at radius 1 is 0.966 bits per heavy atom. The molecule has 1 saturated carbocycles. The van der Waals surface area contributed by atoms with E-state index in [4.69, 9.17) is 4.74 Å². The van der Waals surface area contributed by atoms with Crippen LogP contribution in [0.25, 0.3) is 11.1 Å². The molecule has 2 atom stereocenters. The fraction of sp³-hybridized carbons (Fsp3) is 0.227. The second-order valence-electron chi connectivity index (χ2n) is 7.38. The molecule has 3 heterocycles. The van der Waals surface area contributed by atoms with E-state index in [1.54, 1.807) is 12.3 Å². The predicted molar refractivity (Wildman–Crippen MR) is 101 cm³/mol. The molecule has 5 nitrogen and oxygen atoms in total. The van der Waals surface area contributed by atoms with Crippen molar-refractivity contribution in [2.75, 3.05) is 0 Å². The van der Waals surface area contributed by atoms with Crippen LogP contribution in [-0.4, -0.2) is 16.1 Å². The highest BCUT2D eigenvalue weighted by Crippen LogP contribution is 2.41. The van der Waals surface area contributed by atoms with Gasteiger partial charge in [-0.2, -0.15) is 4.39 Å². The minimum atomic E-state index is -0.787. The molecule has 0 unspecified atom stereocenters. The number of benzene rings is 1. The van der Waals surface area contributed by atoms with E-state index in [1.165, 1.54) is 30.5 Å². The first-order valence-electron chi connectivity index (χ1n) is 9.42. The van der Waals surface area contributed by atoms with Gasteiger partial charge in [0.15, 0.2) is 6.10 Å². The van der Waals surface area contributed by atoms with Gasteiger partial charge in [0.2, 0.25) is 5.95 Å². The van der Waals surface area contributed by atoms with Crippen LogP contribution in [0.5, 0.6) is 0 Å². The maximum atomic E-state index is 14.6. The van der Waals surface area contributed by atoms with E-state index in [0.29, 0.717) is 17.0 Å². The fourth-order valence-electron chi connectivity index (χ4n) is 3.67. The van der Waals surface area contributed by atoms with E-state index in [9.17, 15) is 13.6 Å². The van der Waals surface area contributed by atoms with Gasteiger partial charge in [0.1, 0.15) is 11.9 Å². The Labute approximate surface area is 165 Å². The Bertz CT molecular complexity index is 1080. The Morgan fingerprint density at radius 3 is 2.48 bits per heavy atom. The zero-order chi connectivity index (χ0) is 20.0. The molecule has 0 radical (unpaired) electrons. The van der Waals surface area contributed by atoms with Crippen molar-refractivity contribution in [1.82, 2.24) is 15.3 Å². The zero-order valence-electron chi connectivity index (χ0n) is 15.3. The van der Waals surface area contributed by atoms with Gasteiger partial charge in [-0.3, -0.25) is 4.98 Å². The molecule has 29 heavy (non-hydrogen) atoms. The van der Waals surface area contributed by atoms with Crippen LogP contribution in [0.2, 0.25) is 0 Å². The molecule has 2 fully saturated rings. The summed E-state index contributed by atoms with van der Waals surface area (Å²) in [5.41, 5.74) is 3.48. The summed E-state index contributed by atoms with van der Waals surface area (Å²) in [5, 5.41) is 2.64. The van der Waals surface area contributed by atoms with Crippen molar-refractivity contribution in [1.29, 1.82) is 0 Å². The van der Waals surface area contributed by atoms with Crippen LogP contribution in [0.15, 0.2) is 55.0 Å². The number of aromatic nitrogens is 2. The average Bonchev–Trinajstić information content (AvgIpc) is 3.51. The molecule has 2 aromatic heterocycles. The van der Waals surface area contributed by atoms with Gasteiger partial charge in [-0.15, -0.1) is 0 Å². The van der Waals surface area contributed by atoms with Gasteiger partial charge in [-0.25, -0.2) is 14.2 Å². The summed E-state index contributed by atoms with van der Waals surface area (Å²) in [7, 11) is 0. The number of carbonyl (C=O) groups is 1. The molecule has 3 aromatic rings. The third kappa shape index (κ3) is 3.44. The summed E-state index contributed by atoms with van der Waals surface area (Å²) in [4.78, 5) is 20.1. The Kier molecular flexibility index (Phi) is 4.23. The number of halogens is 2. The van der Waals surface area contributed by atoms with Gasteiger partial charge in [-0.05, 0) is 54.2 Å². The highest BCUT2D eigenvalue weighted by atomic mass is 19.1. The van der Waals surface area contributed by atoms with E-state index < -0.39 is 30.0 Å². The van der Waals surface area contributed by atoms with Crippen LogP contribution >= 0.6 is 0 Å². The number of rotatable bonds is 4. The highest BCUT2D eigenvalue weighted by Gasteiger charge is 2.38. The van der Waals surface area contributed by atoms with Gasteiger partial charge < -0.3 is 10.1 Å². The molecule has 1 amide bonds. The lowest BCUT2D eigenvalue weighted by Crippen LogP contribution is -2.21. The highest BCUT2D eigenvalue weighted by molar-refractivity contribution is 5.72. The number of alkyl carbamates (subject to hydrolysis) is 1. The molecular formula is C22H17F2N3O2. The number of ether oxygens (including phenoxy) is 1. The Balaban J connectivity index is 1.52. The van der Waals surface area contributed by atoms with Crippen molar-refractivity contribution in [2.24, 2.45) is 0 Å². The molecule has 1 aliphatic heterocycles. The molecule has 146 valence electrons. The largest absolute Gasteiger partial charge is 0.439 e. The van der Waals surface area contributed by atoms with Crippen LogP contribution in [-0.2, 0) is 4.74 Å². The Morgan fingerprint density at radius 2 is 1.72 bits per heavy atom. The average molecular weight is 393 g/mol. The topological polar surface area (TPSA) is 64.1 Å². The third-order valence-corrected chi connectivity index (χ3v) is 5.35. The zero-order valence-corrected chi connectivity index (χ0v) is 15.3. The smallest absolute Gasteiger partial charge is 0.408 e. The lowest BCUT2D eigenvalue weighted by molar-refractivity contribution is 0.131.